The number of phosphoric acid groups is 3. The minimum atomic E-state index is -5.92. The van der Waals surface area contributed by atoms with Gasteiger partial charge in [0.15, 0.2) is 17.7 Å². The van der Waals surface area contributed by atoms with E-state index in [0.29, 0.717) is 12.0 Å². The number of allylic oxidation sites excluding steroid dienone is 1. The van der Waals surface area contributed by atoms with E-state index in [2.05, 4.69) is 43.5 Å². The molecule has 2 aliphatic rings. The first kappa shape index (κ1) is 46.7. The number of aromatic nitrogens is 4. The number of rotatable bonds is 20. The van der Waals surface area contributed by atoms with E-state index in [1.165, 1.54) is 19.9 Å². The molecule has 2 aromatic heterocycles. The van der Waals surface area contributed by atoms with Gasteiger partial charge in [0.05, 0.1) is 33.5 Å². The van der Waals surface area contributed by atoms with Crippen LogP contribution in [0.25, 0.3) is 11.2 Å². The summed E-state index contributed by atoms with van der Waals surface area (Å²) < 4.78 is 60.5. The number of fused-ring (bicyclic) bond motifs is 1. The maximum atomic E-state index is 12.5. The Balaban J connectivity index is 1.22. The molecule has 0 saturated carbocycles. The highest BCUT2D eigenvalue weighted by Crippen LogP contribution is 2.56. The van der Waals surface area contributed by atoms with Gasteiger partial charge in [-0.3, -0.25) is 28.1 Å². The Morgan fingerprint density at radius 2 is 1.79 bits per heavy atom. The van der Waals surface area contributed by atoms with Crippen LogP contribution in [-0.4, -0.2) is 114 Å². The molecule has 1 aliphatic carbocycles. The molecule has 1 fully saturated rings. The summed E-state index contributed by atoms with van der Waals surface area (Å²) in [5.41, 5.74) is 4.39. The second-order valence-electron chi connectivity index (χ2n) is 12.9. The van der Waals surface area contributed by atoms with E-state index in [0.717, 1.165) is 29.0 Å². The summed E-state index contributed by atoms with van der Waals surface area (Å²) in [6.45, 7) is -0.0589. The Labute approximate surface area is 327 Å². The summed E-state index contributed by atoms with van der Waals surface area (Å²) in [6.07, 6.45) is -3.30. The van der Waals surface area contributed by atoms with Crippen LogP contribution in [0.2, 0.25) is 0 Å². The minimum absolute atomic E-state index is 0.0266. The van der Waals surface area contributed by atoms with Gasteiger partial charge in [-0.1, -0.05) is 37.8 Å². The van der Waals surface area contributed by atoms with Crippen LogP contribution in [-0.2, 0) is 50.7 Å². The predicted octanol–water partition coefficient (Wildman–Crippen LogP) is -3.62. The average Bonchev–Trinajstić information content (AvgIpc) is 3.68. The van der Waals surface area contributed by atoms with Gasteiger partial charge in [-0.25, -0.2) is 19.3 Å². The molecule has 7 N–H and O–H groups in total. The van der Waals surface area contributed by atoms with Gasteiger partial charge in [-0.15, -0.1) is 0 Å². The van der Waals surface area contributed by atoms with Crippen molar-refractivity contribution < 1.29 is 85.6 Å². The fourth-order valence-electron chi connectivity index (χ4n) is 5.14. The third-order valence-electron chi connectivity index (χ3n) is 7.99. The number of nitrogen functional groups attached to an aromatic ring is 1. The number of nitrogens with one attached hydrogen (secondary N) is 2. The molecule has 1 aliphatic heterocycles. The van der Waals surface area contributed by atoms with Crippen molar-refractivity contribution in [2.24, 2.45) is 5.41 Å². The van der Waals surface area contributed by atoms with Crippen molar-refractivity contribution >= 4 is 69.1 Å². The summed E-state index contributed by atoms with van der Waals surface area (Å²) in [5, 5.41) is 35.5. The zero-order chi connectivity index (χ0) is 42.3. The fraction of sp³-hybridized carbons (Fsp3) is 0.571. The van der Waals surface area contributed by atoms with E-state index < -0.39 is 90.7 Å². The Hall–Kier alpha value is -3.00. The van der Waals surface area contributed by atoms with E-state index in [4.69, 9.17) is 10.5 Å². The number of carbonyl (C=O) groups excluding carboxylic acids is 3. The second kappa shape index (κ2) is 19.4. The van der Waals surface area contributed by atoms with E-state index in [1.54, 1.807) is 12.2 Å². The van der Waals surface area contributed by atoms with Crippen molar-refractivity contribution in [1.29, 1.82) is 0 Å². The molecule has 2 amide bonds. The molecule has 0 radical (unpaired) electrons. The smallest absolute Gasteiger partial charge is 0.274 e. The highest BCUT2D eigenvalue weighted by Gasteiger charge is 2.47. The zero-order valence-corrected chi connectivity index (χ0v) is 33.4. The van der Waals surface area contributed by atoms with E-state index in [-0.39, 0.29) is 47.4 Å². The molecule has 29 heteroatoms. The summed E-state index contributed by atoms with van der Waals surface area (Å²) in [6, 6.07) is 0. The van der Waals surface area contributed by atoms with E-state index in [9.17, 15) is 63.0 Å². The Morgan fingerprint density at radius 3 is 2.47 bits per heavy atom. The maximum absolute atomic E-state index is 12.5. The third-order valence-corrected chi connectivity index (χ3v) is 11.9. The van der Waals surface area contributed by atoms with Crippen molar-refractivity contribution in [1.82, 2.24) is 30.2 Å². The number of ether oxygens (including phenoxy) is 1. The Morgan fingerprint density at radius 1 is 1.09 bits per heavy atom. The van der Waals surface area contributed by atoms with Crippen LogP contribution >= 0.6 is 35.2 Å². The van der Waals surface area contributed by atoms with Crippen LogP contribution < -0.4 is 35.9 Å². The summed E-state index contributed by atoms with van der Waals surface area (Å²) >= 11 is 0.936. The molecule has 3 unspecified atom stereocenters. The molecular weight excluding hydrogens is 847 g/mol. The third kappa shape index (κ3) is 13.5. The van der Waals surface area contributed by atoms with Crippen molar-refractivity contribution in [3.63, 3.8) is 0 Å². The molecule has 318 valence electrons. The number of phosphoric ester groups is 3. The minimum Gasteiger partial charge on any atom is -0.790 e. The number of nitrogens with two attached hydrogens (primary N) is 1. The van der Waals surface area contributed by atoms with Crippen molar-refractivity contribution in [2.45, 2.75) is 63.4 Å². The van der Waals surface area contributed by atoms with Gasteiger partial charge < -0.3 is 74.1 Å². The number of hydrogen-bond acceptors (Lipinski definition) is 23. The fourth-order valence-corrected chi connectivity index (χ4v) is 8.56. The predicted molar refractivity (Wildman–Crippen MR) is 186 cm³/mol. The number of anilines is 1. The van der Waals surface area contributed by atoms with Gasteiger partial charge >= 0.3 is 0 Å². The topological polar surface area (TPSA) is 395 Å². The standard InChI is InChI=1S/C28H42N7O18P3S/c1-28(2,22(39)25(40)31-7-6-18(37)30-8-9-57-27(41)15-4-3-5-16(36)10-15)12-50-56(47,48)53-55(45,46)49-11-17-21(52-54(42,43)44)20(38)26(51-17)35-14-34-19-23(29)32-13-33-24(19)35/h3-4,10,13-14,16-17,20-22,26,36,38-39H,5-9,11-12H2,1-2H3,(H,30,37)(H,31,40)(H,45,46)(H,47,48)(H2,29,32,33)(H2,42,43,44)/p-4/t16?,17-,20-,21-,22+,26-/m1/s1. The highest BCUT2D eigenvalue weighted by atomic mass is 32.2. The summed E-state index contributed by atoms with van der Waals surface area (Å²) in [7, 11) is -17.6. The molecule has 0 bridgehead atoms. The molecule has 3 heterocycles. The molecule has 57 heavy (non-hydrogen) atoms. The first-order chi connectivity index (χ1) is 26.5. The van der Waals surface area contributed by atoms with Crippen molar-refractivity contribution in [2.75, 3.05) is 37.8 Å². The van der Waals surface area contributed by atoms with Gasteiger partial charge in [0, 0.05) is 36.3 Å². The Bertz CT molecular complexity index is 2000. The summed E-state index contributed by atoms with van der Waals surface area (Å²) in [5.74, 6) is -1.39. The van der Waals surface area contributed by atoms with Crippen LogP contribution in [0.5, 0.6) is 0 Å². The number of carbonyl (C=O) groups is 3. The number of amides is 2. The second-order valence-corrected chi connectivity index (χ2v) is 18.1. The summed E-state index contributed by atoms with van der Waals surface area (Å²) in [4.78, 5) is 96.3. The molecule has 8 atom stereocenters. The molecule has 1 saturated heterocycles. The lowest BCUT2D eigenvalue weighted by Gasteiger charge is -2.36. The van der Waals surface area contributed by atoms with Crippen molar-refractivity contribution in [3.05, 3.63) is 36.5 Å². The number of thioether (sulfide) groups is 1. The van der Waals surface area contributed by atoms with Crippen LogP contribution in [0.3, 0.4) is 0 Å². The molecule has 4 rings (SSSR count). The lowest BCUT2D eigenvalue weighted by atomic mass is 9.87. The first-order valence-corrected chi connectivity index (χ1v) is 21.9. The quantitative estimate of drug-likeness (QED) is 0.0552. The number of nitrogens with zero attached hydrogens (tertiary/aromatic N) is 4. The Kier molecular flexibility index (Phi) is 15.9. The van der Waals surface area contributed by atoms with Crippen LogP contribution in [0.1, 0.15) is 32.9 Å². The van der Waals surface area contributed by atoms with Gasteiger partial charge in [-0.2, -0.15) is 0 Å². The van der Waals surface area contributed by atoms with Crippen LogP contribution in [0.4, 0.5) is 5.82 Å². The maximum Gasteiger partial charge on any atom is 0.274 e. The highest BCUT2D eigenvalue weighted by molar-refractivity contribution is 8.14. The number of aliphatic hydroxyl groups excluding tert-OH is 3. The van der Waals surface area contributed by atoms with Gasteiger partial charge in [0.25, 0.3) is 15.6 Å². The molecular formula is C28H38N7O18P3S-4. The van der Waals surface area contributed by atoms with Gasteiger partial charge in [0.1, 0.15) is 36.3 Å². The first-order valence-electron chi connectivity index (χ1n) is 16.5. The van der Waals surface area contributed by atoms with Crippen LogP contribution in [0, 0.1) is 5.41 Å². The largest absolute Gasteiger partial charge is 0.790 e. The van der Waals surface area contributed by atoms with E-state index in [1.807, 2.05) is 0 Å². The van der Waals surface area contributed by atoms with Gasteiger partial charge in [-0.05, 0) is 12.5 Å². The molecule has 0 aromatic carbocycles. The molecule has 25 nitrogen and oxygen atoms in total. The lowest BCUT2D eigenvalue weighted by Crippen LogP contribution is -2.46. The van der Waals surface area contributed by atoms with Gasteiger partial charge in [0.2, 0.25) is 16.9 Å². The average molecular weight is 886 g/mol. The zero-order valence-electron chi connectivity index (χ0n) is 29.9. The lowest BCUT2D eigenvalue weighted by molar-refractivity contribution is -0.347. The number of hydrogen-bond donors (Lipinski definition) is 6. The molecule has 0 spiro atoms. The van der Waals surface area contributed by atoms with Crippen molar-refractivity contribution in [3.8, 4) is 0 Å². The SMILES string of the molecule is CC(C)(COP(=O)([O-])OP(=O)([O-])OC[C@H]1O[C@@H](n2cnc3c(N)ncnc32)[C@H](O)[C@@H]1OP(=O)([O-])[O-])[C@@H](O)C(=O)NCCC(=O)NCCSC(=O)C1=CC(O)CC=C1. The monoisotopic (exact) mass is 885 g/mol. The van der Waals surface area contributed by atoms with E-state index >= 15 is 0 Å². The molecule has 2 aromatic rings. The number of aliphatic hydroxyl groups is 3. The normalized spacial score (nSPS) is 24.0. The van der Waals surface area contributed by atoms with Crippen LogP contribution in [0.15, 0.2) is 36.5 Å². The number of imidazole rings is 1.